The van der Waals surface area contributed by atoms with Crippen LogP contribution in [0.4, 0.5) is 5.69 Å². The summed E-state index contributed by atoms with van der Waals surface area (Å²) in [7, 11) is 0. The number of hydrogen-bond acceptors (Lipinski definition) is 5. The number of hydrogen-bond donors (Lipinski definition) is 2. The monoisotopic (exact) mass is 487 g/mol. The molecule has 35 heavy (non-hydrogen) atoms. The number of carbonyl (C=O) groups excluding carboxylic acids is 2. The van der Waals surface area contributed by atoms with Gasteiger partial charge in [0.1, 0.15) is 0 Å². The van der Waals surface area contributed by atoms with Crippen molar-refractivity contribution in [3.63, 3.8) is 0 Å². The maximum absolute atomic E-state index is 12.6. The van der Waals surface area contributed by atoms with E-state index in [1.165, 1.54) is 11.8 Å². The van der Waals surface area contributed by atoms with Gasteiger partial charge in [-0.2, -0.15) is 0 Å². The van der Waals surface area contributed by atoms with E-state index < -0.39 is 0 Å². The van der Waals surface area contributed by atoms with E-state index in [-0.39, 0.29) is 24.4 Å². The second-order valence-corrected chi connectivity index (χ2v) is 9.20. The lowest BCUT2D eigenvalue weighted by Gasteiger charge is -2.09. The number of ether oxygens (including phenoxy) is 2. The molecule has 0 atom stereocenters. The Labute approximate surface area is 207 Å². The molecule has 0 fully saturated rings. The molecule has 1 aliphatic rings. The molecule has 0 radical (unpaired) electrons. The van der Waals surface area contributed by atoms with Crippen LogP contribution in [0.3, 0.4) is 0 Å². The number of rotatable bonds is 8. The van der Waals surface area contributed by atoms with Gasteiger partial charge >= 0.3 is 0 Å². The molecule has 0 aliphatic carbocycles. The van der Waals surface area contributed by atoms with Crippen molar-refractivity contribution in [3.05, 3.63) is 84.1 Å². The summed E-state index contributed by atoms with van der Waals surface area (Å²) in [5, 5.41) is 7.00. The first kappa shape index (κ1) is 22.9. The first-order chi connectivity index (χ1) is 17.1. The average Bonchev–Trinajstić information content (AvgIpc) is 3.47. The Bertz CT molecular complexity index is 1400. The van der Waals surface area contributed by atoms with Crippen LogP contribution in [0.1, 0.15) is 15.9 Å². The van der Waals surface area contributed by atoms with Crippen molar-refractivity contribution in [2.75, 3.05) is 24.4 Å². The molecule has 2 heterocycles. The normalized spacial score (nSPS) is 12.0. The van der Waals surface area contributed by atoms with Gasteiger partial charge in [-0.05, 0) is 36.8 Å². The lowest BCUT2D eigenvalue weighted by atomic mass is 10.1. The average molecular weight is 488 g/mol. The molecule has 2 N–H and O–H groups in total. The van der Waals surface area contributed by atoms with Gasteiger partial charge in [0.15, 0.2) is 11.5 Å². The van der Waals surface area contributed by atoms with E-state index in [0.717, 1.165) is 21.4 Å². The molecule has 2 amide bonds. The minimum atomic E-state index is -0.101. The van der Waals surface area contributed by atoms with Gasteiger partial charge in [0, 0.05) is 52.4 Å². The summed E-state index contributed by atoms with van der Waals surface area (Å²) in [4.78, 5) is 26.1. The van der Waals surface area contributed by atoms with Crippen LogP contribution < -0.4 is 20.1 Å². The third kappa shape index (κ3) is 5.12. The Morgan fingerprint density at radius 2 is 1.80 bits per heavy atom. The largest absolute Gasteiger partial charge is 0.454 e. The fourth-order valence-corrected chi connectivity index (χ4v) is 4.93. The Kier molecular flexibility index (Phi) is 6.63. The highest BCUT2D eigenvalue weighted by molar-refractivity contribution is 8.00. The molecule has 7 nitrogen and oxygen atoms in total. The quantitative estimate of drug-likeness (QED) is 0.348. The molecule has 5 rings (SSSR count). The second kappa shape index (κ2) is 10.1. The van der Waals surface area contributed by atoms with E-state index in [2.05, 4.69) is 27.3 Å². The zero-order chi connectivity index (χ0) is 24.2. The van der Waals surface area contributed by atoms with Gasteiger partial charge in [0.25, 0.3) is 5.91 Å². The highest BCUT2D eigenvalue weighted by Crippen LogP contribution is 2.34. The van der Waals surface area contributed by atoms with Crippen molar-refractivity contribution < 1.29 is 19.1 Å². The number of para-hydroxylation sites is 1. The minimum absolute atomic E-state index is 0.0747. The summed E-state index contributed by atoms with van der Waals surface area (Å²) in [6.07, 6.45) is 2.04. The van der Waals surface area contributed by atoms with E-state index >= 15 is 0 Å². The molecule has 0 spiro atoms. The van der Waals surface area contributed by atoms with E-state index in [0.29, 0.717) is 35.8 Å². The number of fused-ring (bicyclic) bond motifs is 2. The van der Waals surface area contributed by atoms with E-state index in [1.54, 1.807) is 18.2 Å². The first-order valence-electron chi connectivity index (χ1n) is 11.3. The standard InChI is InChI=1S/C27H25N3O4S/c1-18-6-2-3-7-20(18)27(32)28-12-13-30-15-25(21-8-4-5-9-22(21)30)35-16-26(31)29-19-10-11-23-24(14-19)34-17-33-23/h2-11,14-15H,12-13,16-17H2,1H3,(H,28,32)(H,29,31). The lowest BCUT2D eigenvalue weighted by Crippen LogP contribution is -2.27. The molecule has 4 aromatic rings. The SMILES string of the molecule is Cc1ccccc1C(=O)NCCn1cc(SCC(=O)Nc2ccc3c(c2)OCO3)c2ccccc21. The van der Waals surface area contributed by atoms with Gasteiger partial charge in [0.05, 0.1) is 5.75 Å². The van der Waals surface area contributed by atoms with Crippen molar-refractivity contribution in [2.24, 2.45) is 0 Å². The summed E-state index contributed by atoms with van der Waals surface area (Å²) >= 11 is 1.49. The maximum atomic E-state index is 12.6. The number of nitrogens with zero attached hydrogens (tertiary/aromatic N) is 1. The summed E-state index contributed by atoms with van der Waals surface area (Å²) in [5.41, 5.74) is 3.38. The molecule has 8 heteroatoms. The molecule has 0 saturated heterocycles. The number of aromatic nitrogens is 1. The zero-order valence-corrected chi connectivity index (χ0v) is 20.1. The van der Waals surface area contributed by atoms with Crippen molar-refractivity contribution in [3.8, 4) is 11.5 Å². The highest BCUT2D eigenvalue weighted by atomic mass is 32.2. The van der Waals surface area contributed by atoms with Gasteiger partial charge in [-0.15, -0.1) is 11.8 Å². The van der Waals surface area contributed by atoms with Crippen LogP contribution >= 0.6 is 11.8 Å². The van der Waals surface area contributed by atoms with Gasteiger partial charge in [-0.25, -0.2) is 0 Å². The van der Waals surface area contributed by atoms with Crippen LogP contribution in [-0.2, 0) is 11.3 Å². The second-order valence-electron chi connectivity index (χ2n) is 8.18. The van der Waals surface area contributed by atoms with Crippen LogP contribution in [0, 0.1) is 6.92 Å². The van der Waals surface area contributed by atoms with Gasteiger partial charge < -0.3 is 24.7 Å². The summed E-state index contributed by atoms with van der Waals surface area (Å²) in [6.45, 7) is 3.26. The summed E-state index contributed by atoms with van der Waals surface area (Å²) < 4.78 is 12.8. The van der Waals surface area contributed by atoms with Crippen LogP contribution in [0.15, 0.2) is 77.8 Å². The van der Waals surface area contributed by atoms with Crippen LogP contribution in [0.5, 0.6) is 11.5 Å². The number of aryl methyl sites for hydroxylation is 1. The molecule has 1 aromatic heterocycles. The minimum Gasteiger partial charge on any atom is -0.454 e. The number of carbonyl (C=O) groups is 2. The van der Waals surface area contributed by atoms with Gasteiger partial charge in [-0.1, -0.05) is 36.4 Å². The molecular formula is C27H25N3O4S. The van der Waals surface area contributed by atoms with E-state index in [9.17, 15) is 9.59 Å². The number of anilines is 1. The highest BCUT2D eigenvalue weighted by Gasteiger charge is 2.15. The molecule has 0 bridgehead atoms. The maximum Gasteiger partial charge on any atom is 0.251 e. The smallest absolute Gasteiger partial charge is 0.251 e. The number of thioether (sulfide) groups is 1. The number of benzene rings is 3. The Hall–Kier alpha value is -3.91. The van der Waals surface area contributed by atoms with Crippen molar-refractivity contribution in [2.45, 2.75) is 18.4 Å². The van der Waals surface area contributed by atoms with Crippen LogP contribution in [-0.4, -0.2) is 35.5 Å². The fourth-order valence-electron chi connectivity index (χ4n) is 4.04. The predicted molar refractivity (Wildman–Crippen MR) is 137 cm³/mol. The molecule has 1 aliphatic heterocycles. The van der Waals surface area contributed by atoms with Crippen molar-refractivity contribution in [1.82, 2.24) is 9.88 Å². The topological polar surface area (TPSA) is 81.6 Å². The molecule has 0 unspecified atom stereocenters. The van der Waals surface area contributed by atoms with Crippen molar-refractivity contribution in [1.29, 1.82) is 0 Å². The van der Waals surface area contributed by atoms with E-state index in [4.69, 9.17) is 9.47 Å². The van der Waals surface area contributed by atoms with Gasteiger partial charge in [0.2, 0.25) is 12.7 Å². The van der Waals surface area contributed by atoms with E-state index in [1.807, 2.05) is 49.5 Å². The van der Waals surface area contributed by atoms with Gasteiger partial charge in [-0.3, -0.25) is 9.59 Å². The summed E-state index contributed by atoms with van der Waals surface area (Å²) in [5.74, 6) is 1.41. The number of nitrogens with one attached hydrogen (secondary N) is 2. The molecule has 3 aromatic carbocycles. The van der Waals surface area contributed by atoms with Crippen molar-refractivity contribution >= 4 is 40.2 Å². The number of amides is 2. The molecule has 0 saturated carbocycles. The molecule has 178 valence electrons. The third-order valence-electron chi connectivity index (χ3n) is 5.80. The Morgan fingerprint density at radius 1 is 1.00 bits per heavy atom. The molecular weight excluding hydrogens is 462 g/mol. The lowest BCUT2D eigenvalue weighted by molar-refractivity contribution is -0.113. The third-order valence-corrected chi connectivity index (χ3v) is 6.84. The Balaban J connectivity index is 1.21. The van der Waals surface area contributed by atoms with Crippen LogP contribution in [0.25, 0.3) is 10.9 Å². The predicted octanol–water partition coefficient (Wildman–Crippen LogP) is 4.84. The summed E-state index contributed by atoms with van der Waals surface area (Å²) in [6, 6.07) is 21.0. The first-order valence-corrected chi connectivity index (χ1v) is 12.3. The Morgan fingerprint density at radius 3 is 2.69 bits per heavy atom. The fraction of sp³-hybridized carbons (Fsp3) is 0.185. The zero-order valence-electron chi connectivity index (χ0n) is 19.2. The van der Waals surface area contributed by atoms with Crippen LogP contribution in [0.2, 0.25) is 0 Å².